The molecular formula is C5H9N3O. The summed E-state index contributed by atoms with van der Waals surface area (Å²) in [7, 11) is 0. The molecule has 1 amide bonds. The Morgan fingerprint density at radius 2 is 2.22 bits per heavy atom. The van der Waals surface area contributed by atoms with Gasteiger partial charge in [0.25, 0.3) is 0 Å². The predicted octanol–water partition coefficient (Wildman–Crippen LogP) is -0.995. The van der Waals surface area contributed by atoms with E-state index in [-0.39, 0.29) is 5.82 Å². The van der Waals surface area contributed by atoms with Crippen molar-refractivity contribution in [1.29, 1.82) is 0 Å². The highest BCUT2D eigenvalue weighted by molar-refractivity contribution is 5.49. The summed E-state index contributed by atoms with van der Waals surface area (Å²) in [6.45, 7) is 0. The predicted molar refractivity (Wildman–Crippen MR) is 34.8 cm³/mol. The van der Waals surface area contributed by atoms with Gasteiger partial charge in [-0.25, -0.2) is 0 Å². The van der Waals surface area contributed by atoms with E-state index in [9.17, 15) is 4.79 Å². The number of allylic oxidation sites excluding steroid dienone is 2. The number of nitrogens with one attached hydrogen (secondary N) is 1. The lowest BCUT2D eigenvalue weighted by atomic mass is 10.5. The molecule has 0 saturated carbocycles. The maximum absolute atomic E-state index is 9.69. The van der Waals surface area contributed by atoms with Crippen LogP contribution < -0.4 is 16.8 Å². The van der Waals surface area contributed by atoms with Gasteiger partial charge in [-0.15, -0.1) is 0 Å². The van der Waals surface area contributed by atoms with E-state index in [0.29, 0.717) is 6.41 Å². The second kappa shape index (κ2) is 4.70. The van der Waals surface area contributed by atoms with Crippen molar-refractivity contribution in [2.24, 2.45) is 11.5 Å². The van der Waals surface area contributed by atoms with Gasteiger partial charge >= 0.3 is 0 Å². The van der Waals surface area contributed by atoms with Crippen LogP contribution in [-0.4, -0.2) is 6.41 Å². The van der Waals surface area contributed by atoms with Gasteiger partial charge in [0.1, 0.15) is 5.82 Å². The van der Waals surface area contributed by atoms with E-state index < -0.39 is 0 Å². The number of hydrogen-bond acceptors (Lipinski definition) is 3. The van der Waals surface area contributed by atoms with Gasteiger partial charge in [-0.3, -0.25) is 4.79 Å². The van der Waals surface area contributed by atoms with Crippen LogP contribution in [0.1, 0.15) is 0 Å². The largest absolute Gasteiger partial charge is 0.405 e. The Morgan fingerprint density at radius 1 is 1.56 bits per heavy atom. The van der Waals surface area contributed by atoms with Gasteiger partial charge in [-0.05, 0) is 18.4 Å². The molecule has 0 aliphatic carbocycles. The molecule has 0 spiro atoms. The highest BCUT2D eigenvalue weighted by Gasteiger charge is 1.78. The van der Waals surface area contributed by atoms with E-state index in [4.69, 9.17) is 11.5 Å². The van der Waals surface area contributed by atoms with Gasteiger partial charge in [0.05, 0.1) is 0 Å². The number of nitrogens with two attached hydrogens (primary N) is 2. The molecular weight excluding hydrogens is 118 g/mol. The molecule has 0 aromatic heterocycles. The van der Waals surface area contributed by atoms with Gasteiger partial charge < -0.3 is 16.8 Å². The standard InChI is InChI=1S/C5H9N3O/c6-3-1-2-5(7)8-4-9/h1-4H,6-7H2,(H,8,9)/b3-1-,5-2+. The number of rotatable bonds is 3. The minimum atomic E-state index is 0.270. The molecule has 0 bridgehead atoms. The van der Waals surface area contributed by atoms with Gasteiger partial charge in [-0.2, -0.15) is 0 Å². The fourth-order valence-electron chi connectivity index (χ4n) is 0.275. The summed E-state index contributed by atoms with van der Waals surface area (Å²) in [5, 5.41) is 2.23. The summed E-state index contributed by atoms with van der Waals surface area (Å²) < 4.78 is 0. The van der Waals surface area contributed by atoms with Gasteiger partial charge in [0.2, 0.25) is 6.41 Å². The van der Waals surface area contributed by atoms with Crippen molar-refractivity contribution in [3.63, 3.8) is 0 Å². The van der Waals surface area contributed by atoms with Gasteiger partial charge in [0, 0.05) is 0 Å². The molecule has 0 atom stereocenters. The maximum atomic E-state index is 9.69. The molecule has 4 nitrogen and oxygen atoms in total. The topological polar surface area (TPSA) is 81.1 Å². The lowest BCUT2D eigenvalue weighted by molar-refractivity contribution is -0.108. The molecule has 0 rings (SSSR count). The van der Waals surface area contributed by atoms with Crippen molar-refractivity contribution >= 4 is 6.41 Å². The highest BCUT2D eigenvalue weighted by Crippen LogP contribution is 1.74. The summed E-state index contributed by atoms with van der Waals surface area (Å²) in [5.74, 6) is 0.270. The average molecular weight is 127 g/mol. The number of carbonyl (C=O) groups is 1. The molecule has 0 fully saturated rings. The van der Waals surface area contributed by atoms with Crippen LogP contribution in [0, 0.1) is 0 Å². The third kappa shape index (κ3) is 4.40. The van der Waals surface area contributed by atoms with Crippen LogP contribution in [0.2, 0.25) is 0 Å². The lowest BCUT2D eigenvalue weighted by Crippen LogP contribution is -2.17. The van der Waals surface area contributed by atoms with E-state index in [1.165, 1.54) is 18.4 Å². The molecule has 0 saturated heterocycles. The molecule has 0 aliphatic heterocycles. The molecule has 4 heteroatoms. The quantitative estimate of drug-likeness (QED) is 0.336. The smallest absolute Gasteiger partial charge is 0.212 e. The number of amides is 1. The Morgan fingerprint density at radius 3 is 2.67 bits per heavy atom. The second-order valence-electron chi connectivity index (χ2n) is 1.27. The summed E-state index contributed by atoms with van der Waals surface area (Å²) in [6, 6.07) is 0. The monoisotopic (exact) mass is 127 g/mol. The molecule has 0 aromatic rings. The Balaban J connectivity index is 3.68. The minimum absolute atomic E-state index is 0.270. The Hall–Kier alpha value is -1.45. The van der Waals surface area contributed by atoms with Crippen LogP contribution >= 0.6 is 0 Å². The molecule has 9 heavy (non-hydrogen) atoms. The van der Waals surface area contributed by atoms with Crippen LogP contribution in [0.5, 0.6) is 0 Å². The lowest BCUT2D eigenvalue weighted by Gasteiger charge is -1.91. The Kier molecular flexibility index (Phi) is 3.95. The molecule has 5 N–H and O–H groups in total. The molecule has 0 aromatic carbocycles. The van der Waals surface area contributed by atoms with E-state index in [0.717, 1.165) is 0 Å². The van der Waals surface area contributed by atoms with Crippen molar-refractivity contribution in [2.45, 2.75) is 0 Å². The van der Waals surface area contributed by atoms with E-state index in [1.807, 2.05) is 0 Å². The number of hydrogen-bond donors (Lipinski definition) is 3. The summed E-state index contributed by atoms with van der Waals surface area (Å²) >= 11 is 0. The fraction of sp³-hybridized carbons (Fsp3) is 0. The molecule has 0 aliphatic rings. The Labute approximate surface area is 53.2 Å². The first kappa shape index (κ1) is 7.55. The third-order valence-corrected chi connectivity index (χ3v) is 0.612. The van der Waals surface area contributed by atoms with Gasteiger partial charge in [0.15, 0.2) is 0 Å². The van der Waals surface area contributed by atoms with Crippen molar-refractivity contribution in [3.05, 3.63) is 24.2 Å². The molecule has 0 heterocycles. The minimum Gasteiger partial charge on any atom is -0.405 e. The zero-order valence-corrected chi connectivity index (χ0v) is 4.87. The molecule has 50 valence electrons. The Bertz CT molecular complexity index is 139. The van der Waals surface area contributed by atoms with Crippen LogP contribution in [0.25, 0.3) is 0 Å². The van der Waals surface area contributed by atoms with Crippen molar-refractivity contribution < 1.29 is 4.79 Å². The second-order valence-corrected chi connectivity index (χ2v) is 1.27. The maximum Gasteiger partial charge on any atom is 0.212 e. The van der Waals surface area contributed by atoms with Crippen LogP contribution in [0.3, 0.4) is 0 Å². The zero-order valence-electron chi connectivity index (χ0n) is 4.87. The van der Waals surface area contributed by atoms with Crippen molar-refractivity contribution in [2.75, 3.05) is 0 Å². The van der Waals surface area contributed by atoms with Crippen molar-refractivity contribution in [1.82, 2.24) is 5.32 Å². The van der Waals surface area contributed by atoms with E-state index >= 15 is 0 Å². The first-order valence-electron chi connectivity index (χ1n) is 2.35. The average Bonchev–Trinajstić information content (AvgIpc) is 1.85. The van der Waals surface area contributed by atoms with Crippen LogP contribution in [-0.2, 0) is 4.79 Å². The summed E-state index contributed by atoms with van der Waals surface area (Å²) in [5.41, 5.74) is 10.2. The first-order valence-corrected chi connectivity index (χ1v) is 2.35. The van der Waals surface area contributed by atoms with Crippen LogP contribution in [0.15, 0.2) is 24.2 Å². The first-order chi connectivity index (χ1) is 4.31. The van der Waals surface area contributed by atoms with E-state index in [1.54, 1.807) is 0 Å². The van der Waals surface area contributed by atoms with Gasteiger partial charge in [-0.1, -0.05) is 0 Å². The molecule has 0 radical (unpaired) electrons. The highest BCUT2D eigenvalue weighted by atomic mass is 16.1. The zero-order chi connectivity index (χ0) is 7.11. The van der Waals surface area contributed by atoms with E-state index in [2.05, 4.69) is 5.32 Å². The third-order valence-electron chi connectivity index (χ3n) is 0.612. The van der Waals surface area contributed by atoms with Crippen LogP contribution in [0.4, 0.5) is 0 Å². The molecule has 0 unspecified atom stereocenters. The fourth-order valence-corrected chi connectivity index (χ4v) is 0.275. The summed E-state index contributed by atoms with van der Waals surface area (Å²) in [4.78, 5) is 9.69. The SMILES string of the molecule is N/C=C\C=C(/N)NC=O. The number of carbonyl (C=O) groups excluding carboxylic acids is 1. The van der Waals surface area contributed by atoms with Crippen molar-refractivity contribution in [3.8, 4) is 0 Å². The summed E-state index contributed by atoms with van der Waals surface area (Å²) in [6.07, 6.45) is 4.82. The normalized spacial score (nSPS) is 11.8.